The van der Waals surface area contributed by atoms with Crippen LogP contribution in [0.15, 0.2) is 54.7 Å². The number of aromatic nitrogens is 1. The van der Waals surface area contributed by atoms with Gasteiger partial charge in [0.15, 0.2) is 6.29 Å². The van der Waals surface area contributed by atoms with Gasteiger partial charge in [-0.05, 0) is 48.5 Å². The van der Waals surface area contributed by atoms with E-state index in [1.54, 1.807) is 25.2 Å². The number of nitrogens with zero attached hydrogens (tertiary/aromatic N) is 2. The van der Waals surface area contributed by atoms with E-state index >= 15 is 0 Å². The van der Waals surface area contributed by atoms with Crippen molar-refractivity contribution in [3.63, 3.8) is 0 Å². The fraction of sp³-hybridized carbons (Fsp3) is 0.0952. The number of carbonyl (C=O) groups excluding carboxylic acids is 1. The first kappa shape index (κ1) is 19.0. The third-order valence-corrected chi connectivity index (χ3v) is 4.38. The second kappa shape index (κ2) is 7.87. The van der Waals surface area contributed by atoms with E-state index in [2.05, 4.69) is 4.98 Å². The van der Waals surface area contributed by atoms with Crippen molar-refractivity contribution in [2.75, 3.05) is 11.9 Å². The minimum Gasteiger partial charge on any atom is -0.507 e. The topological polar surface area (TPSA) is 90.7 Å². The second-order valence-corrected chi connectivity index (χ2v) is 6.21. The Bertz CT molecular complexity index is 1040. The van der Waals surface area contributed by atoms with E-state index in [-0.39, 0.29) is 23.7 Å². The Morgan fingerprint density at radius 3 is 2.50 bits per heavy atom. The highest BCUT2D eigenvalue weighted by atomic mass is 19.1. The van der Waals surface area contributed by atoms with Crippen LogP contribution in [-0.4, -0.2) is 34.5 Å². The van der Waals surface area contributed by atoms with Crippen molar-refractivity contribution < 1.29 is 24.2 Å². The molecule has 0 radical (unpaired) electrons. The van der Waals surface area contributed by atoms with Crippen LogP contribution in [0.3, 0.4) is 0 Å². The molecule has 0 saturated carbocycles. The molecule has 2 N–H and O–H groups in total. The molecular formula is C21H17FN2O4. The summed E-state index contributed by atoms with van der Waals surface area (Å²) in [6.45, 7) is 0.267. The van der Waals surface area contributed by atoms with Crippen LogP contribution < -0.4 is 4.90 Å². The zero-order valence-corrected chi connectivity index (χ0v) is 15.0. The number of phenols is 1. The minimum atomic E-state index is -1.16. The van der Waals surface area contributed by atoms with Crippen LogP contribution in [0.4, 0.5) is 10.1 Å². The number of carboxylic acid groups (broad SMARTS) is 1. The van der Waals surface area contributed by atoms with Gasteiger partial charge in [0.2, 0.25) is 0 Å². The number of hydrogen-bond acceptors (Lipinski definition) is 5. The number of phenolic OH excluding ortho intramolecular Hbond substituents is 1. The highest BCUT2D eigenvalue weighted by Gasteiger charge is 2.18. The molecule has 142 valence electrons. The fourth-order valence-electron chi connectivity index (χ4n) is 2.90. The summed E-state index contributed by atoms with van der Waals surface area (Å²) in [6, 6.07) is 11.4. The number of pyridine rings is 1. The molecule has 0 aliphatic carbocycles. The largest absolute Gasteiger partial charge is 0.507 e. The zero-order chi connectivity index (χ0) is 20.3. The summed E-state index contributed by atoms with van der Waals surface area (Å²) < 4.78 is 13.2. The average Bonchev–Trinajstić information content (AvgIpc) is 2.68. The van der Waals surface area contributed by atoms with Crippen molar-refractivity contribution >= 4 is 17.9 Å². The minimum absolute atomic E-state index is 0.0576. The Balaban J connectivity index is 2.05. The average molecular weight is 380 g/mol. The number of carbonyl (C=O) groups is 2. The number of hydrogen-bond donors (Lipinski definition) is 2. The van der Waals surface area contributed by atoms with Gasteiger partial charge in [0.05, 0.1) is 11.3 Å². The van der Waals surface area contributed by atoms with Crippen molar-refractivity contribution in [3.8, 4) is 17.0 Å². The molecule has 1 heterocycles. The van der Waals surface area contributed by atoms with Crippen molar-refractivity contribution in [1.82, 2.24) is 4.98 Å². The van der Waals surface area contributed by atoms with Crippen LogP contribution in [0.25, 0.3) is 11.3 Å². The molecule has 0 atom stereocenters. The van der Waals surface area contributed by atoms with E-state index in [1.165, 1.54) is 30.5 Å². The third-order valence-electron chi connectivity index (χ3n) is 4.38. The number of benzene rings is 2. The Morgan fingerprint density at radius 1 is 1.18 bits per heavy atom. The molecule has 0 saturated heterocycles. The van der Waals surface area contributed by atoms with E-state index in [0.29, 0.717) is 28.7 Å². The van der Waals surface area contributed by atoms with Crippen LogP contribution >= 0.6 is 0 Å². The molecule has 0 aliphatic rings. The normalized spacial score (nSPS) is 10.5. The van der Waals surface area contributed by atoms with E-state index in [1.807, 2.05) is 4.90 Å². The number of carboxylic acids is 1. The van der Waals surface area contributed by atoms with Gasteiger partial charge in [0.1, 0.15) is 11.6 Å². The molecular weight excluding hydrogens is 363 g/mol. The van der Waals surface area contributed by atoms with Gasteiger partial charge >= 0.3 is 5.97 Å². The number of rotatable bonds is 6. The smallest absolute Gasteiger partial charge is 0.335 e. The van der Waals surface area contributed by atoms with Crippen molar-refractivity contribution in [2.45, 2.75) is 6.54 Å². The maximum Gasteiger partial charge on any atom is 0.335 e. The van der Waals surface area contributed by atoms with Crippen LogP contribution in [-0.2, 0) is 6.54 Å². The first-order valence-electron chi connectivity index (χ1n) is 8.37. The van der Waals surface area contributed by atoms with Crippen LogP contribution in [0.1, 0.15) is 26.3 Å². The molecule has 0 bridgehead atoms. The predicted octanol–water partition coefficient (Wildman–Crippen LogP) is 3.74. The van der Waals surface area contributed by atoms with E-state index in [0.717, 1.165) is 11.8 Å². The van der Waals surface area contributed by atoms with E-state index in [9.17, 15) is 19.1 Å². The fourth-order valence-corrected chi connectivity index (χ4v) is 2.90. The van der Waals surface area contributed by atoms with Crippen LogP contribution in [0.5, 0.6) is 5.75 Å². The lowest BCUT2D eigenvalue weighted by Gasteiger charge is -2.22. The Morgan fingerprint density at radius 2 is 1.89 bits per heavy atom. The van der Waals surface area contributed by atoms with Gasteiger partial charge in [0.25, 0.3) is 0 Å². The molecule has 1 aromatic heterocycles. The van der Waals surface area contributed by atoms with E-state index < -0.39 is 5.97 Å². The summed E-state index contributed by atoms with van der Waals surface area (Å²) >= 11 is 0. The first-order valence-corrected chi connectivity index (χ1v) is 8.37. The highest BCUT2D eigenvalue weighted by Crippen LogP contribution is 2.33. The quantitative estimate of drug-likeness (QED) is 0.633. The Kier molecular flexibility index (Phi) is 5.35. The van der Waals surface area contributed by atoms with Crippen molar-refractivity contribution in [3.05, 3.63) is 77.2 Å². The van der Waals surface area contributed by atoms with Crippen molar-refractivity contribution in [1.29, 1.82) is 0 Å². The van der Waals surface area contributed by atoms with Crippen LogP contribution in [0, 0.1) is 5.82 Å². The van der Waals surface area contributed by atoms with Crippen molar-refractivity contribution in [2.24, 2.45) is 0 Å². The molecule has 0 amide bonds. The van der Waals surface area contributed by atoms with E-state index in [4.69, 9.17) is 5.11 Å². The number of halogens is 1. The lowest BCUT2D eigenvalue weighted by atomic mass is 9.99. The predicted molar refractivity (Wildman–Crippen MR) is 102 cm³/mol. The molecule has 3 aromatic rings. The molecule has 0 unspecified atom stereocenters. The summed E-state index contributed by atoms with van der Waals surface area (Å²) in [7, 11) is 1.78. The van der Waals surface area contributed by atoms with Gasteiger partial charge < -0.3 is 15.1 Å². The lowest BCUT2D eigenvalue weighted by molar-refractivity contribution is 0.0696. The number of aromatic hydroxyl groups is 1. The number of aldehydes is 1. The summed E-state index contributed by atoms with van der Waals surface area (Å²) in [5.74, 6) is -1.76. The SMILES string of the molecule is CN(Cc1c(C=O)ccnc1-c1ccc(C(=O)O)cc1O)c1ccc(F)cc1. The standard InChI is InChI=1S/C21H17FN2O4/c1-24(16-5-3-15(22)4-6-16)11-18-14(12-25)8-9-23-20(18)17-7-2-13(21(27)28)10-19(17)26/h2-10,12,26H,11H2,1H3,(H,27,28). The molecule has 6 nitrogen and oxygen atoms in total. The molecule has 0 fully saturated rings. The maximum absolute atomic E-state index is 13.2. The summed E-state index contributed by atoms with van der Waals surface area (Å²) in [4.78, 5) is 28.8. The molecule has 0 spiro atoms. The van der Waals surface area contributed by atoms with Gasteiger partial charge in [-0.15, -0.1) is 0 Å². The molecule has 28 heavy (non-hydrogen) atoms. The van der Waals surface area contributed by atoms with Gasteiger partial charge in [0, 0.05) is 42.2 Å². The van der Waals surface area contributed by atoms with Gasteiger partial charge in [-0.25, -0.2) is 9.18 Å². The zero-order valence-electron chi connectivity index (χ0n) is 15.0. The lowest BCUT2D eigenvalue weighted by Crippen LogP contribution is -2.18. The van der Waals surface area contributed by atoms with Gasteiger partial charge in [-0.2, -0.15) is 0 Å². The number of aromatic carboxylic acids is 1. The summed E-state index contributed by atoms with van der Waals surface area (Å²) in [6.07, 6.45) is 2.15. The third kappa shape index (κ3) is 3.83. The molecule has 7 heteroatoms. The molecule has 0 aliphatic heterocycles. The summed E-state index contributed by atoms with van der Waals surface area (Å²) in [5, 5.41) is 19.4. The van der Waals surface area contributed by atoms with Gasteiger partial charge in [-0.1, -0.05) is 0 Å². The summed E-state index contributed by atoms with van der Waals surface area (Å²) in [5.41, 5.74) is 2.31. The highest BCUT2D eigenvalue weighted by molar-refractivity contribution is 5.90. The van der Waals surface area contributed by atoms with Crippen LogP contribution in [0.2, 0.25) is 0 Å². The molecule has 3 rings (SSSR count). The molecule has 2 aromatic carbocycles. The Labute approximate surface area is 160 Å². The Hall–Kier alpha value is -3.74. The first-order chi connectivity index (χ1) is 13.4. The van der Waals surface area contributed by atoms with Gasteiger partial charge in [-0.3, -0.25) is 9.78 Å². The second-order valence-electron chi connectivity index (χ2n) is 6.21. The number of anilines is 1. The maximum atomic E-state index is 13.2. The monoisotopic (exact) mass is 380 g/mol.